The van der Waals surface area contributed by atoms with Crippen LogP contribution in [0.15, 0.2) is 29.0 Å². The molecule has 2 aromatic rings. The van der Waals surface area contributed by atoms with E-state index < -0.39 is 0 Å². The lowest BCUT2D eigenvalue weighted by atomic mass is 10.00. The van der Waals surface area contributed by atoms with E-state index in [1.54, 1.807) is 0 Å². The van der Waals surface area contributed by atoms with Crippen LogP contribution in [-0.2, 0) is 9.53 Å². The molecular formula is C19H23NO2S2. The van der Waals surface area contributed by atoms with E-state index in [9.17, 15) is 4.79 Å². The minimum Gasteiger partial charge on any atom is -0.469 e. The zero-order chi connectivity index (χ0) is 17.1. The van der Waals surface area contributed by atoms with Crippen molar-refractivity contribution in [3.8, 4) is 0 Å². The van der Waals surface area contributed by atoms with Gasteiger partial charge in [-0.15, -0.1) is 22.7 Å². The van der Waals surface area contributed by atoms with Crippen LogP contribution in [-0.4, -0.2) is 37.6 Å². The first-order valence-electron chi connectivity index (χ1n) is 8.19. The van der Waals surface area contributed by atoms with Crippen molar-refractivity contribution in [3.05, 3.63) is 49.9 Å². The molecule has 3 rings (SSSR count). The molecule has 128 valence electrons. The quantitative estimate of drug-likeness (QED) is 0.716. The van der Waals surface area contributed by atoms with Gasteiger partial charge in [0, 0.05) is 35.0 Å². The topological polar surface area (TPSA) is 29.5 Å². The molecule has 3 nitrogen and oxygen atoms in total. The van der Waals surface area contributed by atoms with Gasteiger partial charge in [-0.25, -0.2) is 0 Å². The fraction of sp³-hybridized carbons (Fsp3) is 0.421. The molecule has 0 amide bonds. The maximum Gasteiger partial charge on any atom is 0.311 e. The van der Waals surface area contributed by atoms with E-state index in [4.69, 9.17) is 4.74 Å². The lowest BCUT2D eigenvalue weighted by Gasteiger charge is -2.37. The smallest absolute Gasteiger partial charge is 0.311 e. The number of carbonyl (C=O) groups excluding carboxylic acids is 1. The third kappa shape index (κ3) is 3.63. The SMILES string of the molecule is COC(=O)C1CN(CCC=C(c2sccc2C)c2sccc2C)C1. The molecule has 1 saturated heterocycles. The standard InChI is InChI=1S/C19H23NO2S2/c1-13-6-9-23-17(13)16(18-14(2)7-10-24-18)5-4-8-20-11-15(12-20)19(21)22-3/h5-7,9-10,15H,4,8,11-12H2,1-3H3. The second-order valence-corrected chi connectivity index (χ2v) is 8.08. The number of carbonyl (C=O) groups is 1. The van der Waals surface area contributed by atoms with Gasteiger partial charge in [0.2, 0.25) is 0 Å². The normalized spacial score (nSPS) is 15.1. The molecule has 0 N–H and O–H groups in total. The van der Waals surface area contributed by atoms with Crippen LogP contribution < -0.4 is 0 Å². The Balaban J connectivity index is 1.67. The van der Waals surface area contributed by atoms with Gasteiger partial charge in [-0.3, -0.25) is 4.79 Å². The summed E-state index contributed by atoms with van der Waals surface area (Å²) in [5, 5.41) is 4.33. The summed E-state index contributed by atoms with van der Waals surface area (Å²) in [6, 6.07) is 4.38. The first kappa shape index (κ1) is 17.4. The molecule has 0 spiro atoms. The van der Waals surface area contributed by atoms with Crippen LogP contribution in [0.1, 0.15) is 27.3 Å². The number of ether oxygens (including phenoxy) is 1. The van der Waals surface area contributed by atoms with Crippen molar-refractivity contribution in [2.45, 2.75) is 20.3 Å². The molecule has 0 bridgehead atoms. The van der Waals surface area contributed by atoms with E-state index in [2.05, 4.69) is 47.7 Å². The lowest BCUT2D eigenvalue weighted by molar-refractivity contribution is -0.151. The summed E-state index contributed by atoms with van der Waals surface area (Å²) in [5.74, 6) is -0.0107. The summed E-state index contributed by atoms with van der Waals surface area (Å²) in [5.41, 5.74) is 4.04. The van der Waals surface area contributed by atoms with Gasteiger partial charge < -0.3 is 9.64 Å². The molecule has 0 saturated carbocycles. The molecule has 1 aliphatic rings. The molecule has 0 aromatic carbocycles. The van der Waals surface area contributed by atoms with Crippen molar-refractivity contribution >= 4 is 34.2 Å². The highest BCUT2D eigenvalue weighted by atomic mass is 32.1. The van der Waals surface area contributed by atoms with Crippen LogP contribution in [0.25, 0.3) is 5.57 Å². The molecule has 24 heavy (non-hydrogen) atoms. The zero-order valence-electron chi connectivity index (χ0n) is 14.4. The van der Waals surface area contributed by atoms with E-state index in [-0.39, 0.29) is 11.9 Å². The summed E-state index contributed by atoms with van der Waals surface area (Å²) in [7, 11) is 1.47. The molecular weight excluding hydrogens is 338 g/mol. The Labute approximate surface area is 151 Å². The maximum atomic E-state index is 11.4. The molecule has 1 fully saturated rings. The number of thiophene rings is 2. The number of hydrogen-bond donors (Lipinski definition) is 0. The minimum atomic E-state index is -0.0779. The summed E-state index contributed by atoms with van der Waals surface area (Å²) in [4.78, 5) is 16.5. The number of aryl methyl sites for hydroxylation is 2. The van der Waals surface area contributed by atoms with Gasteiger partial charge in [0.05, 0.1) is 13.0 Å². The highest BCUT2D eigenvalue weighted by Gasteiger charge is 2.32. The molecule has 0 unspecified atom stereocenters. The Morgan fingerprint density at radius 3 is 2.25 bits per heavy atom. The van der Waals surface area contributed by atoms with Crippen LogP contribution in [0.5, 0.6) is 0 Å². The van der Waals surface area contributed by atoms with Gasteiger partial charge in [-0.05, 0) is 54.3 Å². The zero-order valence-corrected chi connectivity index (χ0v) is 16.0. The number of nitrogens with zero attached hydrogens (tertiary/aromatic N) is 1. The van der Waals surface area contributed by atoms with Crippen molar-refractivity contribution in [1.82, 2.24) is 4.90 Å². The Kier molecular flexibility index (Phi) is 5.54. The highest BCUT2D eigenvalue weighted by Crippen LogP contribution is 2.35. The minimum absolute atomic E-state index is 0.0672. The van der Waals surface area contributed by atoms with Gasteiger partial charge in [0.25, 0.3) is 0 Å². The van der Waals surface area contributed by atoms with Crippen LogP contribution in [0.3, 0.4) is 0 Å². The Morgan fingerprint density at radius 2 is 1.79 bits per heavy atom. The second kappa shape index (κ2) is 7.64. The second-order valence-electron chi connectivity index (χ2n) is 6.25. The number of likely N-dealkylation sites (tertiary alicyclic amines) is 1. The number of hydrogen-bond acceptors (Lipinski definition) is 5. The molecule has 2 aromatic heterocycles. The largest absolute Gasteiger partial charge is 0.469 e. The van der Waals surface area contributed by atoms with Crippen molar-refractivity contribution in [1.29, 1.82) is 0 Å². The van der Waals surface area contributed by atoms with Crippen molar-refractivity contribution < 1.29 is 9.53 Å². The number of rotatable bonds is 6. The van der Waals surface area contributed by atoms with Gasteiger partial charge in [-0.2, -0.15) is 0 Å². The highest BCUT2D eigenvalue weighted by molar-refractivity contribution is 7.14. The summed E-state index contributed by atoms with van der Waals surface area (Å²) >= 11 is 3.63. The van der Waals surface area contributed by atoms with E-state index in [0.29, 0.717) is 0 Å². The third-order valence-corrected chi connectivity index (χ3v) is 6.60. The third-order valence-electron chi connectivity index (χ3n) is 4.50. The number of methoxy groups -OCH3 is 1. The Bertz CT molecular complexity index is 696. The van der Waals surface area contributed by atoms with Gasteiger partial charge in [0.1, 0.15) is 0 Å². The van der Waals surface area contributed by atoms with E-state index in [1.807, 2.05) is 22.7 Å². The van der Waals surface area contributed by atoms with E-state index >= 15 is 0 Å². The van der Waals surface area contributed by atoms with Crippen LogP contribution in [0, 0.1) is 19.8 Å². The van der Waals surface area contributed by atoms with Crippen LogP contribution >= 0.6 is 22.7 Å². The molecule has 5 heteroatoms. The fourth-order valence-corrected chi connectivity index (χ4v) is 5.06. The lowest BCUT2D eigenvalue weighted by Crippen LogP contribution is -2.50. The molecule has 0 aliphatic carbocycles. The van der Waals surface area contributed by atoms with E-state index in [0.717, 1.165) is 26.1 Å². The summed E-state index contributed by atoms with van der Waals surface area (Å²) < 4.78 is 4.79. The predicted molar refractivity (Wildman–Crippen MR) is 102 cm³/mol. The van der Waals surface area contributed by atoms with Crippen LogP contribution in [0.4, 0.5) is 0 Å². The maximum absolute atomic E-state index is 11.4. The average Bonchev–Trinajstić information content (AvgIpc) is 3.14. The van der Waals surface area contributed by atoms with E-state index in [1.165, 1.54) is 33.6 Å². The van der Waals surface area contributed by atoms with Crippen LogP contribution in [0.2, 0.25) is 0 Å². The van der Waals surface area contributed by atoms with Crippen molar-refractivity contribution in [2.75, 3.05) is 26.7 Å². The van der Waals surface area contributed by atoms with Crippen molar-refractivity contribution in [2.24, 2.45) is 5.92 Å². The van der Waals surface area contributed by atoms with Crippen molar-refractivity contribution in [3.63, 3.8) is 0 Å². The molecule has 3 heterocycles. The fourth-order valence-electron chi connectivity index (χ4n) is 3.05. The summed E-state index contributed by atoms with van der Waals surface area (Å²) in [6.07, 6.45) is 3.36. The Morgan fingerprint density at radius 1 is 1.21 bits per heavy atom. The van der Waals surface area contributed by atoms with Gasteiger partial charge >= 0.3 is 5.97 Å². The first-order chi connectivity index (χ1) is 11.6. The summed E-state index contributed by atoms with van der Waals surface area (Å²) in [6.45, 7) is 7.00. The average molecular weight is 362 g/mol. The molecule has 0 radical (unpaired) electrons. The number of esters is 1. The molecule has 1 aliphatic heterocycles. The Hall–Kier alpha value is -1.43. The monoisotopic (exact) mass is 361 g/mol. The predicted octanol–water partition coefficient (Wildman–Crippen LogP) is 4.35. The van der Waals surface area contributed by atoms with Gasteiger partial charge in [0.15, 0.2) is 0 Å². The van der Waals surface area contributed by atoms with Gasteiger partial charge in [-0.1, -0.05) is 6.08 Å². The molecule has 0 atom stereocenters. The first-order valence-corrected chi connectivity index (χ1v) is 9.95.